The molecule has 0 spiro atoms. The fourth-order valence-corrected chi connectivity index (χ4v) is 4.98. The third kappa shape index (κ3) is 3.99. The number of carbonyl (C=O) groups is 1. The number of hydrogen-bond donors (Lipinski definition) is 1. The molecule has 0 bridgehead atoms. The van der Waals surface area contributed by atoms with Gasteiger partial charge in [0.25, 0.3) is 0 Å². The van der Waals surface area contributed by atoms with E-state index in [1.165, 1.54) is 0 Å². The zero-order valence-electron chi connectivity index (χ0n) is 16.7. The lowest BCUT2D eigenvalue weighted by Gasteiger charge is -2.21. The second-order valence-electron chi connectivity index (χ2n) is 7.19. The molecule has 1 amide bonds. The molecule has 0 fully saturated rings. The van der Waals surface area contributed by atoms with E-state index in [2.05, 4.69) is 9.71 Å². The Labute approximate surface area is 176 Å². The molecule has 3 aromatic rings. The maximum Gasteiger partial charge on any atom is 0.241 e. The first-order valence-electron chi connectivity index (χ1n) is 9.90. The molecular formula is C23H23N3O3S. The minimum absolute atomic E-state index is 0.0927. The highest BCUT2D eigenvalue weighted by molar-refractivity contribution is 7.89. The molecule has 2 heterocycles. The van der Waals surface area contributed by atoms with Gasteiger partial charge in [-0.15, -0.1) is 0 Å². The number of aromatic nitrogens is 1. The predicted octanol–water partition coefficient (Wildman–Crippen LogP) is 3.45. The normalized spacial score (nSPS) is 14.4. The number of sulfonamides is 1. The fourth-order valence-electron chi connectivity index (χ4n) is 3.75. The summed E-state index contributed by atoms with van der Waals surface area (Å²) in [6.45, 7) is 2.50. The molecule has 154 valence electrons. The molecule has 7 heteroatoms. The van der Waals surface area contributed by atoms with Crippen LogP contribution in [0.15, 0.2) is 78.0 Å². The highest BCUT2D eigenvalue weighted by atomic mass is 32.2. The molecule has 1 aromatic heterocycles. The van der Waals surface area contributed by atoms with Gasteiger partial charge >= 0.3 is 0 Å². The molecule has 1 aliphatic rings. The van der Waals surface area contributed by atoms with Crippen molar-refractivity contribution in [3.05, 3.63) is 89.7 Å². The molecule has 1 aliphatic heterocycles. The number of pyridine rings is 1. The molecule has 6 nitrogen and oxygen atoms in total. The van der Waals surface area contributed by atoms with Crippen LogP contribution in [0.5, 0.6) is 0 Å². The topological polar surface area (TPSA) is 79.4 Å². The third-order valence-corrected chi connectivity index (χ3v) is 6.72. The number of fused-ring (bicyclic) bond motifs is 1. The van der Waals surface area contributed by atoms with Gasteiger partial charge in [0.2, 0.25) is 15.9 Å². The lowest BCUT2D eigenvalue weighted by molar-refractivity contribution is -0.118. The number of hydrogen-bond acceptors (Lipinski definition) is 4. The Morgan fingerprint density at radius 3 is 2.60 bits per heavy atom. The van der Waals surface area contributed by atoms with Crippen molar-refractivity contribution in [2.45, 2.75) is 30.7 Å². The van der Waals surface area contributed by atoms with Gasteiger partial charge in [-0.1, -0.05) is 43.3 Å². The van der Waals surface area contributed by atoms with Gasteiger partial charge in [-0.05, 0) is 47.4 Å². The summed E-state index contributed by atoms with van der Waals surface area (Å²) in [6.07, 6.45) is 4.53. The van der Waals surface area contributed by atoms with E-state index in [0.29, 0.717) is 13.0 Å². The quantitative estimate of drug-likeness (QED) is 0.661. The molecule has 0 saturated carbocycles. The van der Waals surface area contributed by atoms with Gasteiger partial charge in [-0.3, -0.25) is 9.78 Å². The Morgan fingerprint density at radius 1 is 1.10 bits per heavy atom. The molecular weight excluding hydrogens is 398 g/mol. The Hall–Kier alpha value is -3.03. The standard InChI is InChI=1S/C23H23N3O3S/c1-2-22(27)26-14-12-17-15-18(10-11-21(17)26)23(19-7-6-13-24-16-19)25-30(28,29)20-8-4-3-5-9-20/h3-11,13,15-16,23,25H,2,12,14H2,1H3. The minimum Gasteiger partial charge on any atom is -0.312 e. The van der Waals surface area contributed by atoms with Crippen LogP contribution in [0, 0.1) is 0 Å². The van der Waals surface area contributed by atoms with Gasteiger partial charge in [0, 0.05) is 31.0 Å². The zero-order chi connectivity index (χ0) is 21.1. The smallest absolute Gasteiger partial charge is 0.241 e. The molecule has 2 aromatic carbocycles. The molecule has 4 rings (SSSR count). The number of nitrogens with zero attached hydrogens (tertiary/aromatic N) is 2. The summed E-state index contributed by atoms with van der Waals surface area (Å²) in [5, 5.41) is 0. The zero-order valence-corrected chi connectivity index (χ0v) is 17.5. The third-order valence-electron chi connectivity index (χ3n) is 5.28. The molecule has 1 unspecified atom stereocenters. The monoisotopic (exact) mass is 421 g/mol. The molecule has 1 N–H and O–H groups in total. The highest BCUT2D eigenvalue weighted by Gasteiger charge is 2.27. The van der Waals surface area contributed by atoms with E-state index in [4.69, 9.17) is 0 Å². The van der Waals surface area contributed by atoms with Crippen molar-refractivity contribution in [1.82, 2.24) is 9.71 Å². The summed E-state index contributed by atoms with van der Waals surface area (Å²) in [7, 11) is -3.74. The average molecular weight is 422 g/mol. The van der Waals surface area contributed by atoms with Crippen LogP contribution in [0.4, 0.5) is 5.69 Å². The summed E-state index contributed by atoms with van der Waals surface area (Å²) in [5.74, 6) is 0.0927. The predicted molar refractivity (Wildman–Crippen MR) is 116 cm³/mol. The summed E-state index contributed by atoms with van der Waals surface area (Å²) in [4.78, 5) is 18.4. The summed E-state index contributed by atoms with van der Waals surface area (Å²) >= 11 is 0. The van der Waals surface area contributed by atoms with Crippen molar-refractivity contribution in [2.24, 2.45) is 0 Å². The van der Waals surface area contributed by atoms with E-state index in [9.17, 15) is 13.2 Å². The van der Waals surface area contributed by atoms with Crippen molar-refractivity contribution < 1.29 is 13.2 Å². The first-order chi connectivity index (χ1) is 14.5. The van der Waals surface area contributed by atoms with Crippen LogP contribution in [-0.2, 0) is 21.2 Å². The first-order valence-corrected chi connectivity index (χ1v) is 11.4. The Kier molecular flexibility index (Phi) is 5.65. The lowest BCUT2D eigenvalue weighted by Crippen LogP contribution is -2.30. The maximum absolute atomic E-state index is 13.0. The van der Waals surface area contributed by atoms with Crippen molar-refractivity contribution >= 4 is 21.6 Å². The lowest BCUT2D eigenvalue weighted by atomic mass is 9.98. The second kappa shape index (κ2) is 8.38. The molecule has 0 radical (unpaired) electrons. The van der Waals surface area contributed by atoms with Crippen LogP contribution in [0.1, 0.15) is 36.1 Å². The SMILES string of the molecule is CCC(=O)N1CCc2cc(C(NS(=O)(=O)c3ccccc3)c3cccnc3)ccc21. The van der Waals surface area contributed by atoms with E-state index >= 15 is 0 Å². The average Bonchev–Trinajstić information content (AvgIpc) is 3.21. The van der Waals surface area contributed by atoms with E-state index in [0.717, 1.165) is 28.8 Å². The largest absolute Gasteiger partial charge is 0.312 e. The van der Waals surface area contributed by atoms with E-state index in [1.54, 1.807) is 53.7 Å². The Bertz CT molecular complexity index is 1150. The Morgan fingerprint density at radius 2 is 1.90 bits per heavy atom. The van der Waals surface area contributed by atoms with Gasteiger partial charge in [0.05, 0.1) is 10.9 Å². The van der Waals surface area contributed by atoms with E-state index < -0.39 is 16.1 Å². The number of carbonyl (C=O) groups excluding carboxylic acids is 1. The summed E-state index contributed by atoms with van der Waals surface area (Å²) < 4.78 is 28.9. The van der Waals surface area contributed by atoms with Crippen molar-refractivity contribution in [1.29, 1.82) is 0 Å². The molecule has 30 heavy (non-hydrogen) atoms. The van der Waals surface area contributed by atoms with Gasteiger partial charge in [0.1, 0.15) is 0 Å². The fraction of sp³-hybridized carbons (Fsp3) is 0.217. The Balaban J connectivity index is 1.73. The second-order valence-corrected chi connectivity index (χ2v) is 8.90. The molecule has 1 atom stereocenters. The van der Waals surface area contributed by atoms with Crippen molar-refractivity contribution in [3.8, 4) is 0 Å². The van der Waals surface area contributed by atoms with Crippen LogP contribution in [0.2, 0.25) is 0 Å². The summed E-state index contributed by atoms with van der Waals surface area (Å²) in [6, 6.07) is 17.1. The van der Waals surface area contributed by atoms with E-state index in [-0.39, 0.29) is 10.8 Å². The van der Waals surface area contributed by atoms with Crippen LogP contribution in [0.25, 0.3) is 0 Å². The molecule has 0 saturated heterocycles. The van der Waals surface area contributed by atoms with Gasteiger partial charge in [-0.25, -0.2) is 8.42 Å². The number of amides is 1. The first kappa shape index (κ1) is 20.3. The van der Waals surface area contributed by atoms with Gasteiger partial charge < -0.3 is 4.90 Å². The number of nitrogens with one attached hydrogen (secondary N) is 1. The van der Waals surface area contributed by atoms with Crippen LogP contribution >= 0.6 is 0 Å². The highest BCUT2D eigenvalue weighted by Crippen LogP contribution is 2.33. The van der Waals surface area contributed by atoms with Gasteiger partial charge in [0.15, 0.2) is 0 Å². The maximum atomic E-state index is 13.0. The van der Waals surface area contributed by atoms with Gasteiger partial charge in [-0.2, -0.15) is 4.72 Å². The van der Waals surface area contributed by atoms with Crippen LogP contribution < -0.4 is 9.62 Å². The number of benzene rings is 2. The number of rotatable bonds is 6. The summed E-state index contributed by atoms with van der Waals surface area (Å²) in [5.41, 5.74) is 3.51. The molecule has 0 aliphatic carbocycles. The van der Waals surface area contributed by atoms with Crippen molar-refractivity contribution in [2.75, 3.05) is 11.4 Å². The van der Waals surface area contributed by atoms with Crippen LogP contribution in [0.3, 0.4) is 0 Å². The van der Waals surface area contributed by atoms with Crippen LogP contribution in [-0.4, -0.2) is 25.9 Å². The van der Waals surface area contributed by atoms with E-state index in [1.807, 2.05) is 31.2 Å². The number of anilines is 1. The van der Waals surface area contributed by atoms with Crippen molar-refractivity contribution in [3.63, 3.8) is 0 Å². The minimum atomic E-state index is -3.74.